The van der Waals surface area contributed by atoms with Crippen LogP contribution >= 0.6 is 0 Å². The van der Waals surface area contributed by atoms with Crippen molar-refractivity contribution in [3.05, 3.63) is 53.6 Å². The Balaban J connectivity index is 1.78. The zero-order chi connectivity index (χ0) is 17.8. The molecule has 2 aromatic carbocycles. The number of methoxy groups -OCH3 is 2. The summed E-state index contributed by atoms with van der Waals surface area (Å²) in [6.07, 6.45) is 2.05. The minimum Gasteiger partial charge on any atom is -0.493 e. The van der Waals surface area contributed by atoms with E-state index >= 15 is 0 Å². The first-order chi connectivity index (χ1) is 12.1. The van der Waals surface area contributed by atoms with E-state index in [0.29, 0.717) is 28.3 Å². The number of para-hydroxylation sites is 1. The lowest BCUT2D eigenvalue weighted by atomic mass is 10.1. The molecule has 3 rings (SSSR count). The van der Waals surface area contributed by atoms with Crippen molar-refractivity contribution in [1.29, 1.82) is 0 Å². The van der Waals surface area contributed by atoms with E-state index in [2.05, 4.69) is 10.6 Å². The summed E-state index contributed by atoms with van der Waals surface area (Å²) in [5.74, 6) is 0.380. The predicted octanol–water partition coefficient (Wildman–Crippen LogP) is 2.85. The van der Waals surface area contributed by atoms with Crippen LogP contribution in [0, 0.1) is 0 Å². The Morgan fingerprint density at radius 3 is 2.44 bits per heavy atom. The molecule has 2 aromatic rings. The Morgan fingerprint density at radius 2 is 1.76 bits per heavy atom. The molecule has 0 aliphatic heterocycles. The maximum absolute atomic E-state index is 12.6. The van der Waals surface area contributed by atoms with E-state index in [-0.39, 0.29) is 17.9 Å². The largest absolute Gasteiger partial charge is 0.493 e. The van der Waals surface area contributed by atoms with Gasteiger partial charge in [-0.2, -0.15) is 0 Å². The number of ether oxygens (including phenoxy) is 2. The first kappa shape index (κ1) is 16.8. The van der Waals surface area contributed by atoms with Gasteiger partial charge in [-0.25, -0.2) is 0 Å². The normalized spacial score (nSPS) is 13.0. The summed E-state index contributed by atoms with van der Waals surface area (Å²) in [4.78, 5) is 24.7. The van der Waals surface area contributed by atoms with Gasteiger partial charge >= 0.3 is 0 Å². The third-order valence-corrected chi connectivity index (χ3v) is 3.94. The van der Waals surface area contributed by atoms with Crippen LogP contribution < -0.4 is 20.1 Å². The maximum Gasteiger partial charge on any atom is 0.259 e. The molecular formula is C19H20N2O4. The lowest BCUT2D eigenvalue weighted by molar-refractivity contribution is 0.0949. The van der Waals surface area contributed by atoms with Gasteiger partial charge in [0.05, 0.1) is 19.8 Å². The molecule has 1 aliphatic rings. The van der Waals surface area contributed by atoms with Gasteiger partial charge < -0.3 is 20.1 Å². The first-order valence-corrected chi connectivity index (χ1v) is 8.05. The van der Waals surface area contributed by atoms with E-state index < -0.39 is 0 Å². The van der Waals surface area contributed by atoms with Crippen molar-refractivity contribution in [2.45, 2.75) is 18.9 Å². The molecule has 130 valence electrons. The smallest absolute Gasteiger partial charge is 0.259 e. The van der Waals surface area contributed by atoms with Crippen molar-refractivity contribution in [3.8, 4) is 11.5 Å². The highest BCUT2D eigenvalue weighted by Crippen LogP contribution is 2.31. The molecule has 6 nitrogen and oxygen atoms in total. The van der Waals surface area contributed by atoms with Crippen LogP contribution in [0.5, 0.6) is 11.5 Å². The van der Waals surface area contributed by atoms with Crippen molar-refractivity contribution in [1.82, 2.24) is 5.32 Å². The Morgan fingerprint density at radius 1 is 1.00 bits per heavy atom. The Bertz CT molecular complexity index is 800. The van der Waals surface area contributed by atoms with Crippen molar-refractivity contribution in [2.75, 3.05) is 19.5 Å². The molecule has 0 bridgehead atoms. The second-order valence-corrected chi connectivity index (χ2v) is 5.82. The lowest BCUT2D eigenvalue weighted by Crippen LogP contribution is -2.25. The van der Waals surface area contributed by atoms with Gasteiger partial charge in [0.2, 0.25) is 0 Å². The van der Waals surface area contributed by atoms with E-state index in [9.17, 15) is 9.59 Å². The van der Waals surface area contributed by atoms with Crippen LogP contribution in [-0.2, 0) is 0 Å². The number of anilines is 1. The molecule has 2 N–H and O–H groups in total. The molecule has 1 saturated carbocycles. The molecule has 6 heteroatoms. The van der Waals surface area contributed by atoms with Crippen molar-refractivity contribution < 1.29 is 19.1 Å². The van der Waals surface area contributed by atoms with Gasteiger partial charge in [-0.1, -0.05) is 12.1 Å². The summed E-state index contributed by atoms with van der Waals surface area (Å²) in [7, 11) is 3.00. The Hall–Kier alpha value is -3.02. The van der Waals surface area contributed by atoms with E-state index in [1.807, 2.05) is 0 Å². The number of benzene rings is 2. The fourth-order valence-corrected chi connectivity index (χ4v) is 2.50. The topological polar surface area (TPSA) is 76.7 Å². The Labute approximate surface area is 146 Å². The van der Waals surface area contributed by atoms with Crippen molar-refractivity contribution in [2.24, 2.45) is 0 Å². The van der Waals surface area contributed by atoms with Gasteiger partial charge in [0.1, 0.15) is 0 Å². The van der Waals surface area contributed by atoms with Gasteiger partial charge in [-0.05, 0) is 43.2 Å². The van der Waals surface area contributed by atoms with Gasteiger partial charge in [-0.3, -0.25) is 9.59 Å². The number of carbonyl (C=O) groups excluding carboxylic acids is 2. The molecule has 0 spiro atoms. The Kier molecular flexibility index (Phi) is 4.88. The summed E-state index contributed by atoms with van der Waals surface area (Å²) in [6, 6.07) is 12.2. The summed E-state index contributed by atoms with van der Waals surface area (Å²) >= 11 is 0. The van der Waals surface area contributed by atoms with Crippen LogP contribution in [0.1, 0.15) is 33.6 Å². The van der Waals surface area contributed by atoms with Crippen molar-refractivity contribution in [3.63, 3.8) is 0 Å². The summed E-state index contributed by atoms with van der Waals surface area (Å²) < 4.78 is 10.5. The van der Waals surface area contributed by atoms with Crippen LogP contribution in [-0.4, -0.2) is 32.1 Å². The summed E-state index contributed by atoms with van der Waals surface area (Å²) in [6.45, 7) is 0. The van der Waals surface area contributed by atoms with Crippen LogP contribution in [0.3, 0.4) is 0 Å². The molecule has 0 radical (unpaired) electrons. The number of amides is 2. The number of hydrogen-bond acceptors (Lipinski definition) is 4. The zero-order valence-electron chi connectivity index (χ0n) is 14.2. The van der Waals surface area contributed by atoms with E-state index in [0.717, 1.165) is 12.8 Å². The minimum atomic E-state index is -0.337. The maximum atomic E-state index is 12.6. The van der Waals surface area contributed by atoms with E-state index in [1.54, 1.807) is 42.5 Å². The highest BCUT2D eigenvalue weighted by Gasteiger charge is 2.24. The predicted molar refractivity (Wildman–Crippen MR) is 94.4 cm³/mol. The average molecular weight is 340 g/mol. The standard InChI is InChI=1S/C19H20N2O4/c1-24-16-8-4-7-15(17(16)25-2)19(23)21-14-6-3-5-12(11-14)18(22)20-13-9-10-13/h3-8,11,13H,9-10H2,1-2H3,(H,20,22)(H,21,23). The minimum absolute atomic E-state index is 0.127. The number of rotatable bonds is 6. The van der Waals surface area contributed by atoms with Gasteiger partial charge in [-0.15, -0.1) is 0 Å². The van der Waals surface area contributed by atoms with Gasteiger partial charge in [0.15, 0.2) is 11.5 Å². The molecule has 0 aromatic heterocycles. The molecular weight excluding hydrogens is 320 g/mol. The van der Waals surface area contributed by atoms with Gasteiger partial charge in [0.25, 0.3) is 11.8 Å². The van der Waals surface area contributed by atoms with Crippen LogP contribution in [0.25, 0.3) is 0 Å². The number of nitrogens with one attached hydrogen (secondary N) is 2. The van der Waals surface area contributed by atoms with Gasteiger partial charge in [0, 0.05) is 17.3 Å². The fraction of sp³-hybridized carbons (Fsp3) is 0.263. The number of hydrogen-bond donors (Lipinski definition) is 2. The summed E-state index contributed by atoms with van der Waals surface area (Å²) in [5.41, 5.74) is 1.41. The molecule has 25 heavy (non-hydrogen) atoms. The number of carbonyl (C=O) groups is 2. The highest BCUT2D eigenvalue weighted by atomic mass is 16.5. The third kappa shape index (κ3) is 3.91. The van der Waals surface area contributed by atoms with E-state index in [4.69, 9.17) is 9.47 Å². The highest BCUT2D eigenvalue weighted by molar-refractivity contribution is 6.07. The van der Waals surface area contributed by atoms with Crippen molar-refractivity contribution >= 4 is 17.5 Å². The molecule has 1 fully saturated rings. The zero-order valence-corrected chi connectivity index (χ0v) is 14.2. The molecule has 1 aliphatic carbocycles. The van der Waals surface area contributed by atoms with Crippen LogP contribution in [0.2, 0.25) is 0 Å². The lowest BCUT2D eigenvalue weighted by Gasteiger charge is -2.13. The second kappa shape index (κ2) is 7.25. The summed E-state index contributed by atoms with van der Waals surface area (Å²) in [5, 5.41) is 5.72. The first-order valence-electron chi connectivity index (χ1n) is 8.05. The third-order valence-electron chi connectivity index (χ3n) is 3.94. The molecule has 0 atom stereocenters. The molecule has 0 unspecified atom stereocenters. The second-order valence-electron chi connectivity index (χ2n) is 5.82. The fourth-order valence-electron chi connectivity index (χ4n) is 2.50. The molecule has 0 heterocycles. The molecule has 2 amide bonds. The average Bonchev–Trinajstić information content (AvgIpc) is 3.45. The monoisotopic (exact) mass is 340 g/mol. The van der Waals surface area contributed by atoms with E-state index in [1.165, 1.54) is 14.2 Å². The molecule has 0 saturated heterocycles. The van der Waals surface area contributed by atoms with Crippen LogP contribution in [0.4, 0.5) is 5.69 Å². The SMILES string of the molecule is COc1cccc(C(=O)Nc2cccc(C(=O)NC3CC3)c2)c1OC. The quantitative estimate of drug-likeness (QED) is 0.848. The van der Waals surface area contributed by atoms with Crippen LogP contribution in [0.15, 0.2) is 42.5 Å².